The van der Waals surface area contributed by atoms with E-state index in [1.807, 2.05) is 6.07 Å². The van der Waals surface area contributed by atoms with Crippen molar-refractivity contribution in [2.45, 2.75) is 18.4 Å². The van der Waals surface area contributed by atoms with Gasteiger partial charge in [0.05, 0.1) is 18.7 Å². The number of hydrogen-bond acceptors (Lipinski definition) is 4. The predicted octanol–water partition coefficient (Wildman–Crippen LogP) is 2.40. The van der Waals surface area contributed by atoms with E-state index < -0.39 is 0 Å². The molecule has 25 heavy (non-hydrogen) atoms. The van der Waals surface area contributed by atoms with Crippen LogP contribution in [0.15, 0.2) is 36.7 Å². The van der Waals surface area contributed by atoms with Crippen LogP contribution in [0.2, 0.25) is 0 Å². The number of hydrogen-bond donors (Lipinski definition) is 1. The Labute approximate surface area is 143 Å². The summed E-state index contributed by atoms with van der Waals surface area (Å²) in [6.07, 6.45) is 3.92. The molecule has 1 saturated carbocycles. The number of ether oxygens (including phenoxy) is 1. The lowest BCUT2D eigenvalue weighted by atomic mass is 10.1. The molecule has 1 aromatic carbocycles. The maximum absolute atomic E-state index is 13.3. The molecule has 0 aliphatic heterocycles. The third-order valence-corrected chi connectivity index (χ3v) is 4.55. The van der Waals surface area contributed by atoms with Crippen LogP contribution in [0.4, 0.5) is 4.39 Å². The fraction of sp³-hybridized carbons (Fsp3) is 0.278. The van der Waals surface area contributed by atoms with E-state index in [4.69, 9.17) is 4.74 Å². The van der Waals surface area contributed by atoms with Gasteiger partial charge in [-0.25, -0.2) is 9.37 Å². The third-order valence-electron chi connectivity index (χ3n) is 4.55. The van der Waals surface area contributed by atoms with Crippen molar-refractivity contribution in [2.75, 3.05) is 7.11 Å². The molecule has 7 heteroatoms. The SMILES string of the molecule is COc1c(C(=O)N[C@H]2C[C@@H]2c2cccc(F)c2)cnc2c1cnn2C. The molecular weight excluding hydrogens is 323 g/mol. The highest BCUT2D eigenvalue weighted by molar-refractivity contribution is 6.02. The zero-order chi connectivity index (χ0) is 17.6. The second kappa shape index (κ2) is 5.84. The Morgan fingerprint density at radius 2 is 2.24 bits per heavy atom. The van der Waals surface area contributed by atoms with Gasteiger partial charge >= 0.3 is 0 Å². The first-order valence-corrected chi connectivity index (χ1v) is 7.99. The number of aromatic nitrogens is 3. The smallest absolute Gasteiger partial charge is 0.256 e. The Morgan fingerprint density at radius 3 is 3.00 bits per heavy atom. The normalized spacial score (nSPS) is 19.0. The van der Waals surface area contributed by atoms with Crippen LogP contribution in [0.5, 0.6) is 5.75 Å². The number of amides is 1. The third kappa shape index (κ3) is 2.71. The minimum atomic E-state index is -0.262. The topological polar surface area (TPSA) is 69.0 Å². The molecular formula is C18H17FN4O2. The molecule has 3 aromatic rings. The number of fused-ring (bicyclic) bond motifs is 1. The van der Waals surface area contributed by atoms with Crippen LogP contribution >= 0.6 is 0 Å². The maximum Gasteiger partial charge on any atom is 0.256 e. The van der Waals surface area contributed by atoms with E-state index in [1.54, 1.807) is 24.0 Å². The molecule has 0 spiro atoms. The van der Waals surface area contributed by atoms with E-state index in [0.717, 1.165) is 12.0 Å². The van der Waals surface area contributed by atoms with Crippen LogP contribution in [0.3, 0.4) is 0 Å². The van der Waals surface area contributed by atoms with Gasteiger partial charge in [0.15, 0.2) is 5.65 Å². The fourth-order valence-corrected chi connectivity index (χ4v) is 3.16. The van der Waals surface area contributed by atoms with Gasteiger partial charge in [0.1, 0.15) is 17.1 Å². The zero-order valence-corrected chi connectivity index (χ0v) is 13.9. The van der Waals surface area contributed by atoms with E-state index in [2.05, 4.69) is 15.4 Å². The second-order valence-corrected chi connectivity index (χ2v) is 6.19. The van der Waals surface area contributed by atoms with Gasteiger partial charge < -0.3 is 10.1 Å². The molecule has 1 N–H and O–H groups in total. The Kier molecular flexibility index (Phi) is 3.63. The van der Waals surface area contributed by atoms with Crippen LogP contribution in [0, 0.1) is 5.82 Å². The summed E-state index contributed by atoms with van der Waals surface area (Å²) in [7, 11) is 3.30. The molecule has 0 radical (unpaired) electrons. The Morgan fingerprint density at radius 1 is 1.40 bits per heavy atom. The number of halogens is 1. The first-order valence-electron chi connectivity index (χ1n) is 7.99. The molecule has 2 aromatic heterocycles. The Bertz CT molecular complexity index is 969. The summed E-state index contributed by atoms with van der Waals surface area (Å²) in [5, 5.41) is 7.81. The molecule has 128 valence electrons. The summed E-state index contributed by atoms with van der Waals surface area (Å²) in [6, 6.07) is 6.48. The standard InChI is InChI=1S/C18H17FN4O2/c1-23-17-13(9-21-23)16(25-2)14(8-20-17)18(24)22-15-7-12(15)10-4-3-5-11(19)6-10/h3-6,8-9,12,15H,7H2,1-2H3,(H,22,24)/t12-,15+/m1/s1. The lowest BCUT2D eigenvalue weighted by Crippen LogP contribution is -2.27. The zero-order valence-electron chi connectivity index (χ0n) is 13.9. The van der Waals surface area contributed by atoms with Crippen LogP contribution in [-0.4, -0.2) is 33.8 Å². The van der Waals surface area contributed by atoms with Crippen LogP contribution in [0.25, 0.3) is 11.0 Å². The molecule has 2 atom stereocenters. The van der Waals surface area contributed by atoms with Crippen molar-refractivity contribution in [1.82, 2.24) is 20.1 Å². The Balaban J connectivity index is 1.55. The molecule has 0 saturated heterocycles. The van der Waals surface area contributed by atoms with Gasteiger partial charge in [-0.1, -0.05) is 12.1 Å². The average Bonchev–Trinajstić information content (AvgIpc) is 3.27. The lowest BCUT2D eigenvalue weighted by Gasteiger charge is -2.10. The summed E-state index contributed by atoms with van der Waals surface area (Å²) in [5.74, 6) is 0.0839. The minimum absolute atomic E-state index is 0.0106. The fourth-order valence-electron chi connectivity index (χ4n) is 3.16. The second-order valence-electron chi connectivity index (χ2n) is 6.19. The maximum atomic E-state index is 13.3. The molecule has 1 aliphatic carbocycles. The summed E-state index contributed by atoms with van der Waals surface area (Å²) >= 11 is 0. The molecule has 1 amide bonds. The number of nitrogens with one attached hydrogen (secondary N) is 1. The summed E-state index contributed by atoms with van der Waals surface area (Å²) in [4.78, 5) is 16.9. The van der Waals surface area contributed by atoms with Gasteiger partial charge in [0, 0.05) is 25.2 Å². The molecule has 1 aliphatic rings. The number of rotatable bonds is 4. The first kappa shape index (κ1) is 15.6. The quantitative estimate of drug-likeness (QED) is 0.792. The highest BCUT2D eigenvalue weighted by Crippen LogP contribution is 2.41. The predicted molar refractivity (Wildman–Crippen MR) is 90.1 cm³/mol. The van der Waals surface area contributed by atoms with E-state index in [9.17, 15) is 9.18 Å². The van der Waals surface area contributed by atoms with Crippen LogP contribution in [-0.2, 0) is 7.05 Å². The molecule has 0 bridgehead atoms. The number of carbonyl (C=O) groups excluding carboxylic acids is 1. The average molecular weight is 340 g/mol. The number of benzene rings is 1. The summed E-state index contributed by atoms with van der Waals surface area (Å²) < 4.78 is 20.4. The number of carbonyl (C=O) groups is 1. The molecule has 2 heterocycles. The van der Waals surface area contributed by atoms with Crippen molar-refractivity contribution in [2.24, 2.45) is 7.05 Å². The number of aryl methyl sites for hydroxylation is 1. The highest BCUT2D eigenvalue weighted by Gasteiger charge is 2.40. The van der Waals surface area contributed by atoms with Crippen molar-refractivity contribution < 1.29 is 13.9 Å². The van der Waals surface area contributed by atoms with Gasteiger partial charge in [-0.15, -0.1) is 0 Å². The van der Waals surface area contributed by atoms with Crippen molar-refractivity contribution >= 4 is 16.9 Å². The minimum Gasteiger partial charge on any atom is -0.495 e. The van der Waals surface area contributed by atoms with Crippen LogP contribution < -0.4 is 10.1 Å². The monoisotopic (exact) mass is 340 g/mol. The van der Waals surface area contributed by atoms with E-state index in [-0.39, 0.29) is 23.7 Å². The van der Waals surface area contributed by atoms with Crippen LogP contribution in [0.1, 0.15) is 28.3 Å². The van der Waals surface area contributed by atoms with Gasteiger partial charge in [0.2, 0.25) is 0 Å². The summed E-state index contributed by atoms with van der Waals surface area (Å²) in [6.45, 7) is 0. The first-order chi connectivity index (χ1) is 12.1. The van der Waals surface area contributed by atoms with E-state index >= 15 is 0 Å². The molecule has 4 rings (SSSR count). The van der Waals surface area contributed by atoms with Gasteiger partial charge in [-0.2, -0.15) is 5.10 Å². The van der Waals surface area contributed by atoms with E-state index in [1.165, 1.54) is 25.4 Å². The summed E-state index contributed by atoms with van der Waals surface area (Å²) in [5.41, 5.74) is 1.92. The van der Waals surface area contributed by atoms with E-state index in [0.29, 0.717) is 22.3 Å². The molecule has 1 fully saturated rings. The van der Waals surface area contributed by atoms with Crippen molar-refractivity contribution in [1.29, 1.82) is 0 Å². The number of pyridine rings is 1. The van der Waals surface area contributed by atoms with Gasteiger partial charge in [0.25, 0.3) is 5.91 Å². The van der Waals surface area contributed by atoms with Crippen molar-refractivity contribution in [3.05, 3.63) is 53.6 Å². The van der Waals surface area contributed by atoms with Crippen molar-refractivity contribution in [3.63, 3.8) is 0 Å². The number of nitrogens with zero attached hydrogens (tertiary/aromatic N) is 3. The highest BCUT2D eigenvalue weighted by atomic mass is 19.1. The lowest BCUT2D eigenvalue weighted by molar-refractivity contribution is 0.0947. The van der Waals surface area contributed by atoms with Gasteiger partial charge in [-0.3, -0.25) is 9.48 Å². The largest absolute Gasteiger partial charge is 0.495 e. The molecule has 6 nitrogen and oxygen atoms in total. The molecule has 0 unspecified atom stereocenters. The number of methoxy groups -OCH3 is 1. The van der Waals surface area contributed by atoms with Crippen molar-refractivity contribution in [3.8, 4) is 5.75 Å². The van der Waals surface area contributed by atoms with Gasteiger partial charge in [-0.05, 0) is 24.1 Å². The Hall–Kier alpha value is -2.96.